The van der Waals surface area contributed by atoms with Gasteiger partial charge in [0.2, 0.25) is 0 Å². The number of hydrogen-bond acceptors (Lipinski definition) is 3. The zero-order valence-electron chi connectivity index (χ0n) is 7.83. The van der Waals surface area contributed by atoms with Crippen molar-refractivity contribution in [3.8, 4) is 0 Å². The highest BCUT2D eigenvalue weighted by Crippen LogP contribution is 2.20. The number of carboxylic acids is 1. The molecule has 1 aromatic rings. The first-order valence-electron chi connectivity index (χ1n) is 4.22. The van der Waals surface area contributed by atoms with E-state index in [9.17, 15) is 4.79 Å². The van der Waals surface area contributed by atoms with Crippen LogP contribution >= 0.6 is 11.6 Å². The first-order valence-corrected chi connectivity index (χ1v) is 4.60. The Balaban J connectivity index is 3.03. The molecule has 0 aliphatic rings. The van der Waals surface area contributed by atoms with Crippen molar-refractivity contribution in [1.82, 2.24) is 9.78 Å². The molecule has 0 saturated heterocycles. The van der Waals surface area contributed by atoms with Crippen molar-refractivity contribution in [2.24, 2.45) is 12.8 Å². The van der Waals surface area contributed by atoms with Gasteiger partial charge in [-0.25, -0.2) is 4.79 Å². The number of carboxylic acid groups (broad SMARTS) is 1. The van der Waals surface area contributed by atoms with Crippen molar-refractivity contribution >= 4 is 17.6 Å². The molecule has 1 heterocycles. The van der Waals surface area contributed by atoms with Crippen LogP contribution in [0.3, 0.4) is 0 Å². The summed E-state index contributed by atoms with van der Waals surface area (Å²) in [6.07, 6.45) is 1.25. The molecule has 0 unspecified atom stereocenters. The fourth-order valence-corrected chi connectivity index (χ4v) is 1.44. The summed E-state index contributed by atoms with van der Waals surface area (Å²) in [7, 11) is 1.61. The van der Waals surface area contributed by atoms with Crippen LogP contribution in [-0.2, 0) is 13.5 Å². The summed E-state index contributed by atoms with van der Waals surface area (Å²) < 4.78 is 1.36. The van der Waals surface area contributed by atoms with Gasteiger partial charge in [0.25, 0.3) is 0 Å². The van der Waals surface area contributed by atoms with Gasteiger partial charge in [-0.1, -0.05) is 11.6 Å². The second-order valence-corrected chi connectivity index (χ2v) is 3.30. The Hall–Kier alpha value is -1.07. The number of aromatic carboxylic acids is 1. The van der Waals surface area contributed by atoms with E-state index in [2.05, 4.69) is 5.10 Å². The van der Waals surface area contributed by atoms with Crippen LogP contribution in [0.25, 0.3) is 0 Å². The first-order chi connectivity index (χ1) is 6.57. The minimum absolute atomic E-state index is 0.0194. The second kappa shape index (κ2) is 4.43. The minimum Gasteiger partial charge on any atom is -0.476 e. The fraction of sp³-hybridized carbons (Fsp3) is 0.500. The highest BCUT2D eigenvalue weighted by atomic mass is 35.5. The van der Waals surface area contributed by atoms with E-state index < -0.39 is 5.97 Å². The molecule has 14 heavy (non-hydrogen) atoms. The normalized spacial score (nSPS) is 10.5. The zero-order chi connectivity index (χ0) is 10.7. The molecule has 0 aliphatic carbocycles. The third-order valence-electron chi connectivity index (χ3n) is 1.90. The lowest BCUT2D eigenvalue weighted by Gasteiger charge is -1.98. The second-order valence-electron chi connectivity index (χ2n) is 2.94. The van der Waals surface area contributed by atoms with Crippen LogP contribution in [0.15, 0.2) is 0 Å². The van der Waals surface area contributed by atoms with Gasteiger partial charge in [-0.2, -0.15) is 5.10 Å². The maximum Gasteiger partial charge on any atom is 0.356 e. The Morgan fingerprint density at radius 2 is 2.36 bits per heavy atom. The summed E-state index contributed by atoms with van der Waals surface area (Å²) in [6, 6.07) is 0. The fourth-order valence-electron chi connectivity index (χ4n) is 1.22. The number of aromatic nitrogens is 2. The summed E-state index contributed by atoms with van der Waals surface area (Å²) in [5, 5.41) is 13.0. The molecule has 1 rings (SSSR count). The molecule has 5 nitrogen and oxygen atoms in total. The summed E-state index contributed by atoms with van der Waals surface area (Å²) in [5.41, 5.74) is 5.92. The van der Waals surface area contributed by atoms with E-state index in [1.807, 2.05) is 0 Å². The van der Waals surface area contributed by atoms with Gasteiger partial charge in [0.1, 0.15) is 5.15 Å². The number of halogens is 1. The van der Waals surface area contributed by atoms with Gasteiger partial charge < -0.3 is 10.8 Å². The zero-order valence-corrected chi connectivity index (χ0v) is 8.58. The molecule has 3 N–H and O–H groups in total. The Bertz CT molecular complexity index is 349. The van der Waals surface area contributed by atoms with Crippen molar-refractivity contribution in [2.45, 2.75) is 12.8 Å². The Morgan fingerprint density at radius 3 is 2.86 bits per heavy atom. The number of hydrogen-bond donors (Lipinski definition) is 2. The largest absolute Gasteiger partial charge is 0.476 e. The molecule has 1 aromatic heterocycles. The molecule has 6 heteroatoms. The quantitative estimate of drug-likeness (QED) is 0.777. The van der Waals surface area contributed by atoms with Crippen molar-refractivity contribution in [3.05, 3.63) is 16.4 Å². The molecule has 0 aromatic carbocycles. The number of carbonyl (C=O) groups is 1. The van der Waals surface area contributed by atoms with E-state index in [1.165, 1.54) is 4.68 Å². The van der Waals surface area contributed by atoms with Crippen LogP contribution in [0, 0.1) is 0 Å². The topological polar surface area (TPSA) is 81.1 Å². The third-order valence-corrected chi connectivity index (χ3v) is 2.38. The smallest absolute Gasteiger partial charge is 0.356 e. The van der Waals surface area contributed by atoms with Gasteiger partial charge in [-0.05, 0) is 19.4 Å². The summed E-state index contributed by atoms with van der Waals surface area (Å²) >= 11 is 5.89. The van der Waals surface area contributed by atoms with E-state index in [1.54, 1.807) is 7.05 Å². The van der Waals surface area contributed by atoms with Crippen molar-refractivity contribution in [1.29, 1.82) is 0 Å². The van der Waals surface area contributed by atoms with Gasteiger partial charge in [-0.15, -0.1) is 0 Å². The van der Waals surface area contributed by atoms with Crippen LogP contribution in [0.1, 0.15) is 22.5 Å². The van der Waals surface area contributed by atoms with E-state index in [-0.39, 0.29) is 5.69 Å². The predicted octanol–water partition coefficient (Wildman–Crippen LogP) is 0.663. The molecule has 0 fully saturated rings. The van der Waals surface area contributed by atoms with E-state index in [4.69, 9.17) is 22.4 Å². The summed E-state index contributed by atoms with van der Waals surface area (Å²) in [6.45, 7) is 0.504. The summed E-state index contributed by atoms with van der Waals surface area (Å²) in [4.78, 5) is 10.8. The van der Waals surface area contributed by atoms with Crippen LogP contribution in [0.2, 0.25) is 5.15 Å². The average Bonchev–Trinajstić information content (AvgIpc) is 2.41. The highest BCUT2D eigenvalue weighted by Gasteiger charge is 2.19. The van der Waals surface area contributed by atoms with Crippen molar-refractivity contribution < 1.29 is 9.90 Å². The number of rotatable bonds is 4. The number of nitrogens with two attached hydrogens (primary N) is 1. The third kappa shape index (κ3) is 2.05. The lowest BCUT2D eigenvalue weighted by Crippen LogP contribution is -2.05. The molecular weight excluding hydrogens is 206 g/mol. The predicted molar refractivity (Wildman–Crippen MR) is 52.6 cm³/mol. The van der Waals surface area contributed by atoms with Crippen LogP contribution in [-0.4, -0.2) is 27.4 Å². The van der Waals surface area contributed by atoms with Crippen LogP contribution < -0.4 is 5.73 Å². The molecule has 0 saturated carbocycles. The maximum absolute atomic E-state index is 10.8. The summed E-state index contributed by atoms with van der Waals surface area (Å²) in [5.74, 6) is -1.06. The SMILES string of the molecule is Cn1nc(C(=O)O)c(CCCN)c1Cl. The standard InChI is InChI=1S/C8H12ClN3O2/c1-12-7(9)5(3-2-4-10)6(11-12)8(13)14/h2-4,10H2,1H3,(H,13,14). The minimum atomic E-state index is -1.06. The van der Waals surface area contributed by atoms with Gasteiger partial charge in [0, 0.05) is 12.6 Å². The molecule has 0 bridgehead atoms. The molecule has 0 radical (unpaired) electrons. The molecule has 0 spiro atoms. The van der Waals surface area contributed by atoms with Gasteiger partial charge in [0.15, 0.2) is 5.69 Å². The Kier molecular flexibility index (Phi) is 3.49. The Morgan fingerprint density at radius 1 is 1.71 bits per heavy atom. The Labute approximate surface area is 86.5 Å². The highest BCUT2D eigenvalue weighted by molar-refractivity contribution is 6.30. The lowest BCUT2D eigenvalue weighted by atomic mass is 10.1. The van der Waals surface area contributed by atoms with Crippen LogP contribution in [0.4, 0.5) is 0 Å². The molecule has 78 valence electrons. The maximum atomic E-state index is 10.8. The number of aryl methyl sites for hydroxylation is 1. The molecule has 0 atom stereocenters. The molecule has 0 amide bonds. The van der Waals surface area contributed by atoms with Gasteiger partial charge in [0.05, 0.1) is 0 Å². The van der Waals surface area contributed by atoms with Crippen LogP contribution in [0.5, 0.6) is 0 Å². The van der Waals surface area contributed by atoms with Gasteiger partial charge >= 0.3 is 5.97 Å². The number of nitrogens with zero attached hydrogens (tertiary/aromatic N) is 2. The van der Waals surface area contributed by atoms with E-state index >= 15 is 0 Å². The monoisotopic (exact) mass is 217 g/mol. The first kappa shape index (κ1) is 11.0. The average molecular weight is 218 g/mol. The van der Waals surface area contributed by atoms with Gasteiger partial charge in [-0.3, -0.25) is 4.68 Å². The van der Waals surface area contributed by atoms with Crippen molar-refractivity contribution in [3.63, 3.8) is 0 Å². The lowest BCUT2D eigenvalue weighted by molar-refractivity contribution is 0.0688. The molecular formula is C8H12ClN3O2. The van der Waals surface area contributed by atoms with Crippen molar-refractivity contribution in [2.75, 3.05) is 6.54 Å². The van der Waals surface area contributed by atoms with E-state index in [0.717, 1.165) is 0 Å². The van der Waals surface area contributed by atoms with E-state index in [0.29, 0.717) is 30.1 Å². The molecule has 0 aliphatic heterocycles.